The van der Waals surface area contributed by atoms with E-state index in [2.05, 4.69) is 4.74 Å². The van der Waals surface area contributed by atoms with Gasteiger partial charge in [-0.15, -0.1) is 0 Å². The van der Waals surface area contributed by atoms with E-state index < -0.39 is 11.6 Å². The molecule has 0 aliphatic heterocycles. The van der Waals surface area contributed by atoms with Crippen LogP contribution in [0.5, 0.6) is 0 Å². The highest BCUT2D eigenvalue weighted by Crippen LogP contribution is 2.20. The predicted octanol–water partition coefficient (Wildman–Crippen LogP) is 2.86. The van der Waals surface area contributed by atoms with Crippen molar-refractivity contribution in [3.8, 4) is 0 Å². The largest absolute Gasteiger partial charge is 0.465 e. The Morgan fingerprint density at radius 1 is 1.08 bits per heavy atom. The van der Waals surface area contributed by atoms with Crippen LogP contribution in [-0.4, -0.2) is 29.2 Å². The van der Waals surface area contributed by atoms with Gasteiger partial charge in [0.05, 0.1) is 12.7 Å². The van der Waals surface area contributed by atoms with Crippen molar-refractivity contribution >= 4 is 17.8 Å². The van der Waals surface area contributed by atoms with Crippen molar-refractivity contribution in [2.75, 3.05) is 12.8 Å². The zero-order valence-corrected chi connectivity index (χ0v) is 14.3. The molecule has 2 rings (SSSR count). The number of anilines is 1. The van der Waals surface area contributed by atoms with Gasteiger partial charge in [0.2, 0.25) is 0 Å². The highest BCUT2D eigenvalue weighted by Gasteiger charge is 2.21. The van der Waals surface area contributed by atoms with Gasteiger partial charge in [0, 0.05) is 12.7 Å². The van der Waals surface area contributed by atoms with Gasteiger partial charge in [-0.25, -0.2) is 9.59 Å². The fourth-order valence-electron chi connectivity index (χ4n) is 2.19. The molecule has 0 aliphatic rings. The maximum Gasteiger partial charge on any atom is 0.342 e. The maximum atomic E-state index is 12.1. The number of nitrogen functional groups attached to an aromatic ring is 1. The SMILES string of the molecule is COC(=O)c1ccc(Cn2ccc(C(=O)OC(C)(C)C)c2N)cc1. The molecule has 0 atom stereocenters. The number of rotatable bonds is 4. The van der Waals surface area contributed by atoms with E-state index in [1.54, 1.807) is 49.7 Å². The predicted molar refractivity (Wildman–Crippen MR) is 90.9 cm³/mol. The van der Waals surface area contributed by atoms with Crippen LogP contribution in [0.2, 0.25) is 0 Å². The standard InChI is InChI=1S/C18H22N2O4/c1-18(2,3)24-17(22)14-9-10-20(15(14)19)11-12-5-7-13(8-6-12)16(21)23-4/h5-10H,11,19H2,1-4H3. The van der Waals surface area contributed by atoms with Crippen molar-refractivity contribution < 1.29 is 19.1 Å². The van der Waals surface area contributed by atoms with E-state index in [1.165, 1.54) is 7.11 Å². The summed E-state index contributed by atoms with van der Waals surface area (Å²) >= 11 is 0. The molecule has 128 valence electrons. The van der Waals surface area contributed by atoms with Crippen LogP contribution in [0, 0.1) is 0 Å². The molecule has 0 radical (unpaired) electrons. The van der Waals surface area contributed by atoms with Gasteiger partial charge in [-0.3, -0.25) is 0 Å². The molecule has 6 heteroatoms. The number of ether oxygens (including phenoxy) is 2. The fourth-order valence-corrected chi connectivity index (χ4v) is 2.19. The van der Waals surface area contributed by atoms with E-state index in [1.807, 2.05) is 12.1 Å². The molecule has 0 saturated carbocycles. The number of nitrogens with zero attached hydrogens (tertiary/aromatic N) is 1. The molecule has 0 saturated heterocycles. The van der Waals surface area contributed by atoms with Gasteiger partial charge >= 0.3 is 11.9 Å². The van der Waals surface area contributed by atoms with Crippen molar-refractivity contribution in [1.29, 1.82) is 0 Å². The quantitative estimate of drug-likeness (QED) is 0.872. The summed E-state index contributed by atoms with van der Waals surface area (Å²) in [6.07, 6.45) is 1.74. The van der Waals surface area contributed by atoms with Gasteiger partial charge in [0.15, 0.2) is 0 Å². The molecule has 2 N–H and O–H groups in total. The van der Waals surface area contributed by atoms with Crippen LogP contribution in [0.15, 0.2) is 36.5 Å². The minimum absolute atomic E-state index is 0.344. The second-order valence-corrected chi connectivity index (χ2v) is 6.43. The van der Waals surface area contributed by atoms with E-state index in [4.69, 9.17) is 10.5 Å². The molecule has 0 amide bonds. The van der Waals surface area contributed by atoms with Crippen molar-refractivity contribution in [1.82, 2.24) is 4.57 Å². The number of aromatic nitrogens is 1. The van der Waals surface area contributed by atoms with Crippen LogP contribution in [0.25, 0.3) is 0 Å². The first kappa shape index (κ1) is 17.6. The van der Waals surface area contributed by atoms with Gasteiger partial charge in [0.25, 0.3) is 0 Å². The Morgan fingerprint density at radius 3 is 2.25 bits per heavy atom. The Bertz CT molecular complexity index is 739. The summed E-state index contributed by atoms with van der Waals surface area (Å²) in [7, 11) is 1.34. The summed E-state index contributed by atoms with van der Waals surface area (Å²) in [6.45, 7) is 5.90. The van der Waals surface area contributed by atoms with Gasteiger partial charge in [0.1, 0.15) is 17.0 Å². The average Bonchev–Trinajstić information content (AvgIpc) is 2.87. The number of benzene rings is 1. The third kappa shape index (κ3) is 4.16. The van der Waals surface area contributed by atoms with E-state index in [0.29, 0.717) is 23.5 Å². The van der Waals surface area contributed by atoms with E-state index >= 15 is 0 Å². The number of carbonyl (C=O) groups is 2. The topological polar surface area (TPSA) is 83.5 Å². The van der Waals surface area contributed by atoms with Crippen LogP contribution in [-0.2, 0) is 16.0 Å². The molecule has 2 aromatic rings. The lowest BCUT2D eigenvalue weighted by Gasteiger charge is -2.19. The molecule has 0 aliphatic carbocycles. The van der Waals surface area contributed by atoms with Crippen LogP contribution in [0.4, 0.5) is 5.82 Å². The fraction of sp³-hybridized carbons (Fsp3) is 0.333. The summed E-state index contributed by atoms with van der Waals surface area (Å²) in [6, 6.07) is 8.66. The Kier molecular flexibility index (Phi) is 4.97. The number of hydrogen-bond donors (Lipinski definition) is 1. The molecule has 1 heterocycles. The Labute approximate surface area is 141 Å². The second-order valence-electron chi connectivity index (χ2n) is 6.43. The minimum Gasteiger partial charge on any atom is -0.465 e. The third-order valence-corrected chi connectivity index (χ3v) is 3.35. The Hall–Kier alpha value is -2.76. The number of carbonyl (C=O) groups excluding carboxylic acids is 2. The number of hydrogen-bond acceptors (Lipinski definition) is 5. The second kappa shape index (κ2) is 6.78. The first-order chi connectivity index (χ1) is 11.2. The van der Waals surface area contributed by atoms with Crippen molar-refractivity contribution in [2.45, 2.75) is 32.9 Å². The Balaban J connectivity index is 2.14. The Morgan fingerprint density at radius 2 is 1.71 bits per heavy atom. The van der Waals surface area contributed by atoms with Crippen LogP contribution in [0.1, 0.15) is 47.1 Å². The first-order valence-corrected chi connectivity index (χ1v) is 7.56. The first-order valence-electron chi connectivity index (χ1n) is 7.56. The lowest BCUT2D eigenvalue weighted by Crippen LogP contribution is -2.24. The van der Waals surface area contributed by atoms with E-state index in [-0.39, 0.29) is 5.97 Å². The average molecular weight is 330 g/mol. The lowest BCUT2D eigenvalue weighted by molar-refractivity contribution is 0.00706. The minimum atomic E-state index is -0.574. The molecule has 1 aromatic carbocycles. The third-order valence-electron chi connectivity index (χ3n) is 3.35. The monoisotopic (exact) mass is 330 g/mol. The normalized spacial score (nSPS) is 11.2. The molecule has 0 spiro atoms. The van der Waals surface area contributed by atoms with Crippen molar-refractivity contribution in [3.05, 3.63) is 53.2 Å². The summed E-state index contributed by atoms with van der Waals surface area (Å²) in [5, 5.41) is 0. The number of esters is 2. The van der Waals surface area contributed by atoms with Gasteiger partial charge < -0.3 is 19.8 Å². The molecule has 0 bridgehead atoms. The molecular formula is C18H22N2O4. The molecule has 1 aromatic heterocycles. The molecule has 24 heavy (non-hydrogen) atoms. The number of nitrogens with two attached hydrogens (primary N) is 1. The maximum absolute atomic E-state index is 12.1. The molecule has 6 nitrogen and oxygen atoms in total. The summed E-state index contributed by atoms with van der Waals surface area (Å²) in [5.74, 6) is -0.477. The van der Waals surface area contributed by atoms with Gasteiger partial charge in [-0.2, -0.15) is 0 Å². The summed E-state index contributed by atoms with van der Waals surface area (Å²) in [5.41, 5.74) is 7.26. The van der Waals surface area contributed by atoms with Crippen molar-refractivity contribution in [2.24, 2.45) is 0 Å². The number of methoxy groups -OCH3 is 1. The highest BCUT2D eigenvalue weighted by atomic mass is 16.6. The molecule has 0 unspecified atom stereocenters. The van der Waals surface area contributed by atoms with E-state index in [0.717, 1.165) is 5.56 Å². The highest BCUT2D eigenvalue weighted by molar-refractivity contribution is 5.94. The van der Waals surface area contributed by atoms with Crippen molar-refractivity contribution in [3.63, 3.8) is 0 Å². The molecular weight excluding hydrogens is 308 g/mol. The summed E-state index contributed by atoms with van der Waals surface area (Å²) < 4.78 is 11.8. The van der Waals surface area contributed by atoms with Crippen LogP contribution in [0.3, 0.4) is 0 Å². The van der Waals surface area contributed by atoms with Crippen LogP contribution < -0.4 is 5.73 Å². The van der Waals surface area contributed by atoms with Gasteiger partial charge in [-0.1, -0.05) is 12.1 Å². The smallest absolute Gasteiger partial charge is 0.342 e. The zero-order chi connectivity index (χ0) is 17.9. The summed E-state index contributed by atoms with van der Waals surface area (Å²) in [4.78, 5) is 23.6. The molecule has 0 fully saturated rings. The zero-order valence-electron chi connectivity index (χ0n) is 14.3. The van der Waals surface area contributed by atoms with Gasteiger partial charge in [-0.05, 0) is 44.5 Å². The lowest BCUT2D eigenvalue weighted by atomic mass is 10.1. The van der Waals surface area contributed by atoms with E-state index in [9.17, 15) is 9.59 Å². The van der Waals surface area contributed by atoms with Crippen LogP contribution >= 0.6 is 0 Å².